The van der Waals surface area contributed by atoms with Crippen molar-refractivity contribution in [1.82, 2.24) is 9.80 Å². The molecule has 2 heterocycles. The van der Waals surface area contributed by atoms with E-state index < -0.39 is 5.54 Å². The number of likely N-dealkylation sites (tertiary alicyclic amines) is 1. The molecule has 0 radical (unpaired) electrons. The predicted molar refractivity (Wildman–Crippen MR) is 121 cm³/mol. The molecule has 31 heavy (non-hydrogen) atoms. The molecule has 2 aromatic carbocycles. The Balaban J connectivity index is 1.47. The molecule has 6 heteroatoms. The molecule has 2 saturated heterocycles. The second-order valence-corrected chi connectivity index (χ2v) is 8.13. The number of esters is 1. The van der Waals surface area contributed by atoms with Crippen LogP contribution >= 0.6 is 0 Å². The number of carbonyl (C=O) groups is 2. The third kappa shape index (κ3) is 4.49. The fraction of sp³-hybridized carbons (Fsp3) is 0.360. The van der Waals surface area contributed by atoms with Crippen molar-refractivity contribution in [2.75, 3.05) is 44.9 Å². The standard InChI is InChI=1S/C25H29N3O3/c1-31-23(29)19-27-20-28(22-12-6-3-7-13-22)25(24(27)30)14-17-26(18-15-25)16-8-11-21-9-4-2-5-10-21/h2-13H,14-20H2,1H3/b11-8+. The SMILES string of the molecule is COC(=O)CN1CN(c2ccccc2)C2(CCN(C/C=C/c3ccccc3)CC2)C1=O. The van der Waals surface area contributed by atoms with Crippen molar-refractivity contribution in [3.05, 3.63) is 72.3 Å². The zero-order chi connectivity index (χ0) is 21.7. The molecular weight excluding hydrogens is 390 g/mol. The number of hydrogen-bond acceptors (Lipinski definition) is 5. The number of hydrogen-bond donors (Lipinski definition) is 0. The van der Waals surface area contributed by atoms with Crippen molar-refractivity contribution in [2.45, 2.75) is 18.4 Å². The van der Waals surface area contributed by atoms with Crippen LogP contribution in [0.2, 0.25) is 0 Å². The highest BCUT2D eigenvalue weighted by atomic mass is 16.5. The topological polar surface area (TPSA) is 53.1 Å². The molecule has 0 saturated carbocycles. The van der Waals surface area contributed by atoms with Crippen molar-refractivity contribution in [3.8, 4) is 0 Å². The van der Waals surface area contributed by atoms with Gasteiger partial charge in [-0.05, 0) is 30.5 Å². The molecule has 2 aliphatic rings. The Kier molecular flexibility index (Phi) is 6.37. The molecule has 2 fully saturated rings. The lowest BCUT2D eigenvalue weighted by atomic mass is 9.85. The molecule has 0 N–H and O–H groups in total. The second-order valence-electron chi connectivity index (χ2n) is 8.13. The lowest BCUT2D eigenvalue weighted by molar-refractivity contribution is -0.146. The largest absolute Gasteiger partial charge is 0.468 e. The Bertz CT molecular complexity index is 922. The van der Waals surface area contributed by atoms with Crippen LogP contribution in [0.15, 0.2) is 66.7 Å². The first kappa shape index (κ1) is 21.1. The summed E-state index contributed by atoms with van der Waals surface area (Å²) >= 11 is 0. The summed E-state index contributed by atoms with van der Waals surface area (Å²) in [6, 6.07) is 20.3. The molecular formula is C25H29N3O3. The molecule has 0 aliphatic carbocycles. The summed E-state index contributed by atoms with van der Waals surface area (Å²) in [6.07, 6.45) is 5.79. The minimum absolute atomic E-state index is 0.00998. The van der Waals surface area contributed by atoms with Gasteiger partial charge in [0.2, 0.25) is 0 Å². The minimum atomic E-state index is -0.602. The fourth-order valence-corrected chi connectivity index (χ4v) is 4.55. The fourth-order valence-electron chi connectivity index (χ4n) is 4.55. The Morgan fingerprint density at radius 1 is 1.03 bits per heavy atom. The van der Waals surface area contributed by atoms with Crippen LogP contribution in [0.3, 0.4) is 0 Å². The zero-order valence-corrected chi connectivity index (χ0v) is 17.9. The molecule has 162 valence electrons. The molecule has 2 aliphatic heterocycles. The normalized spacial score (nSPS) is 18.8. The number of piperidine rings is 1. The van der Waals surface area contributed by atoms with E-state index >= 15 is 0 Å². The smallest absolute Gasteiger partial charge is 0.325 e. The average Bonchev–Trinajstić information content (AvgIpc) is 3.07. The minimum Gasteiger partial charge on any atom is -0.468 e. The van der Waals surface area contributed by atoms with Crippen molar-refractivity contribution in [3.63, 3.8) is 0 Å². The van der Waals surface area contributed by atoms with Gasteiger partial charge in [-0.3, -0.25) is 14.5 Å². The highest BCUT2D eigenvalue weighted by molar-refractivity contribution is 5.95. The number of carbonyl (C=O) groups excluding carboxylic acids is 2. The Morgan fingerprint density at radius 3 is 2.32 bits per heavy atom. The van der Waals surface area contributed by atoms with Crippen molar-refractivity contribution < 1.29 is 14.3 Å². The van der Waals surface area contributed by atoms with E-state index in [1.807, 2.05) is 48.5 Å². The van der Waals surface area contributed by atoms with Crippen LogP contribution < -0.4 is 4.90 Å². The average molecular weight is 420 g/mol. The predicted octanol–water partition coefficient (Wildman–Crippen LogP) is 3.01. The van der Waals surface area contributed by atoms with Crippen LogP contribution in [0.4, 0.5) is 5.69 Å². The molecule has 4 rings (SSSR count). The maximum absolute atomic E-state index is 13.5. The molecule has 0 aromatic heterocycles. The van der Waals surface area contributed by atoms with Gasteiger partial charge in [-0.1, -0.05) is 60.7 Å². The summed E-state index contributed by atoms with van der Waals surface area (Å²) in [4.78, 5) is 31.5. The van der Waals surface area contributed by atoms with Gasteiger partial charge < -0.3 is 14.5 Å². The first-order chi connectivity index (χ1) is 15.1. The van der Waals surface area contributed by atoms with Gasteiger partial charge in [-0.25, -0.2) is 0 Å². The number of methoxy groups -OCH3 is 1. The van der Waals surface area contributed by atoms with Crippen molar-refractivity contribution >= 4 is 23.6 Å². The van der Waals surface area contributed by atoms with Gasteiger partial charge in [0.1, 0.15) is 12.1 Å². The van der Waals surface area contributed by atoms with Crippen LogP contribution in [0.1, 0.15) is 18.4 Å². The highest BCUT2D eigenvalue weighted by Gasteiger charge is 2.53. The first-order valence-corrected chi connectivity index (χ1v) is 10.8. The number of nitrogens with zero attached hydrogens (tertiary/aromatic N) is 3. The van der Waals surface area contributed by atoms with E-state index in [1.165, 1.54) is 12.7 Å². The van der Waals surface area contributed by atoms with Gasteiger partial charge in [0.05, 0.1) is 13.8 Å². The summed E-state index contributed by atoms with van der Waals surface area (Å²) in [5.41, 5.74) is 1.60. The number of para-hydroxylation sites is 1. The van der Waals surface area contributed by atoms with Crippen molar-refractivity contribution in [1.29, 1.82) is 0 Å². The summed E-state index contributed by atoms with van der Waals surface area (Å²) in [5, 5.41) is 0. The molecule has 6 nitrogen and oxygen atoms in total. The molecule has 0 bridgehead atoms. The monoisotopic (exact) mass is 419 g/mol. The summed E-state index contributed by atoms with van der Waals surface area (Å²) in [5.74, 6) is -0.358. The van der Waals surface area contributed by atoms with Gasteiger partial charge in [-0.2, -0.15) is 0 Å². The van der Waals surface area contributed by atoms with Crippen molar-refractivity contribution in [2.24, 2.45) is 0 Å². The number of benzene rings is 2. The van der Waals surface area contributed by atoms with Crippen LogP contribution in [-0.2, 0) is 14.3 Å². The maximum atomic E-state index is 13.5. The number of anilines is 1. The Hall–Kier alpha value is -3.12. The van der Waals surface area contributed by atoms with E-state index in [0.717, 1.165) is 38.2 Å². The molecule has 0 atom stereocenters. The number of ether oxygens (including phenoxy) is 1. The van der Waals surface area contributed by atoms with E-state index in [4.69, 9.17) is 4.74 Å². The lowest BCUT2D eigenvalue weighted by Gasteiger charge is -2.43. The van der Waals surface area contributed by atoms with Gasteiger partial charge in [0.25, 0.3) is 5.91 Å². The van der Waals surface area contributed by atoms with E-state index in [2.05, 4.69) is 34.1 Å². The lowest BCUT2D eigenvalue weighted by Crippen LogP contribution is -2.56. The van der Waals surface area contributed by atoms with Crippen LogP contribution in [-0.4, -0.2) is 67.2 Å². The first-order valence-electron chi connectivity index (χ1n) is 10.8. The highest BCUT2D eigenvalue weighted by Crippen LogP contribution is 2.39. The van der Waals surface area contributed by atoms with E-state index in [-0.39, 0.29) is 18.4 Å². The van der Waals surface area contributed by atoms with Gasteiger partial charge in [-0.15, -0.1) is 0 Å². The summed E-state index contributed by atoms with van der Waals surface area (Å²) in [6.45, 7) is 2.92. The van der Waals surface area contributed by atoms with E-state index in [9.17, 15) is 9.59 Å². The second kappa shape index (κ2) is 9.35. The van der Waals surface area contributed by atoms with E-state index in [1.54, 1.807) is 4.90 Å². The zero-order valence-electron chi connectivity index (χ0n) is 17.9. The molecule has 1 amide bonds. The summed E-state index contributed by atoms with van der Waals surface area (Å²) < 4.78 is 4.81. The quantitative estimate of drug-likeness (QED) is 0.674. The Labute approximate surface area is 183 Å². The Morgan fingerprint density at radius 2 is 1.68 bits per heavy atom. The number of amides is 1. The molecule has 2 aromatic rings. The van der Waals surface area contributed by atoms with Crippen LogP contribution in [0, 0.1) is 0 Å². The van der Waals surface area contributed by atoms with Gasteiger partial charge >= 0.3 is 5.97 Å². The van der Waals surface area contributed by atoms with E-state index in [0.29, 0.717) is 6.67 Å². The van der Waals surface area contributed by atoms with Gasteiger partial charge in [0.15, 0.2) is 0 Å². The third-order valence-corrected chi connectivity index (χ3v) is 6.29. The van der Waals surface area contributed by atoms with Crippen LogP contribution in [0.5, 0.6) is 0 Å². The molecule has 1 spiro atoms. The van der Waals surface area contributed by atoms with Crippen LogP contribution in [0.25, 0.3) is 6.08 Å². The van der Waals surface area contributed by atoms with Gasteiger partial charge in [0, 0.05) is 25.3 Å². The maximum Gasteiger partial charge on any atom is 0.325 e. The third-order valence-electron chi connectivity index (χ3n) is 6.29. The number of rotatable bonds is 6. The summed E-state index contributed by atoms with van der Waals surface area (Å²) in [7, 11) is 1.36. The molecule has 0 unspecified atom stereocenters.